The summed E-state index contributed by atoms with van der Waals surface area (Å²) in [5, 5.41) is 5.74. The van der Waals surface area contributed by atoms with E-state index < -0.39 is 11.8 Å². The number of amides is 2. The topological polar surface area (TPSA) is 67.4 Å². The van der Waals surface area contributed by atoms with Crippen LogP contribution in [0.25, 0.3) is 0 Å². The first-order valence-corrected chi connectivity index (χ1v) is 8.40. The van der Waals surface area contributed by atoms with Gasteiger partial charge in [-0.25, -0.2) is 0 Å². The molecule has 0 saturated carbocycles. The van der Waals surface area contributed by atoms with Crippen LogP contribution in [0, 0.1) is 0 Å². The Labute approximate surface area is 156 Å². The highest BCUT2D eigenvalue weighted by molar-refractivity contribution is 6.40. The minimum Gasteiger partial charge on any atom is -0.491 e. The monoisotopic (exact) mass is 380 g/mol. The van der Waals surface area contributed by atoms with Gasteiger partial charge in [0.2, 0.25) is 0 Å². The molecule has 0 spiro atoms. The van der Waals surface area contributed by atoms with Crippen molar-refractivity contribution < 1.29 is 14.3 Å². The molecule has 2 amide bonds. The molecule has 25 heavy (non-hydrogen) atoms. The number of halogens is 2. The van der Waals surface area contributed by atoms with Crippen molar-refractivity contribution >= 4 is 40.7 Å². The molecule has 5 nitrogen and oxygen atoms in total. The molecular weight excluding hydrogens is 363 g/mol. The summed E-state index contributed by atoms with van der Waals surface area (Å²) in [6, 6.07) is 11.8. The lowest BCUT2D eigenvalue weighted by Crippen LogP contribution is -2.34. The zero-order valence-corrected chi connectivity index (χ0v) is 15.3. The van der Waals surface area contributed by atoms with E-state index in [0.717, 1.165) is 11.3 Å². The minimum atomic E-state index is -0.793. The fourth-order valence-corrected chi connectivity index (χ4v) is 2.56. The van der Waals surface area contributed by atoms with Crippen molar-refractivity contribution in [2.45, 2.75) is 26.5 Å². The maximum atomic E-state index is 11.9. The average Bonchev–Trinajstić information content (AvgIpc) is 2.52. The van der Waals surface area contributed by atoms with E-state index in [1.54, 1.807) is 0 Å². The molecule has 0 saturated heterocycles. The van der Waals surface area contributed by atoms with E-state index in [9.17, 15) is 9.59 Å². The quantitative estimate of drug-likeness (QED) is 0.769. The molecule has 0 bridgehead atoms. The molecule has 0 unspecified atom stereocenters. The highest BCUT2D eigenvalue weighted by Gasteiger charge is 2.14. The predicted molar refractivity (Wildman–Crippen MR) is 99.1 cm³/mol. The molecule has 7 heteroatoms. The lowest BCUT2D eigenvalue weighted by Gasteiger charge is -2.10. The van der Waals surface area contributed by atoms with Crippen molar-refractivity contribution in [3.05, 3.63) is 58.1 Å². The molecule has 0 radical (unpaired) electrons. The van der Waals surface area contributed by atoms with E-state index >= 15 is 0 Å². The first-order valence-electron chi connectivity index (χ1n) is 7.64. The maximum absolute atomic E-state index is 11.9. The standard InChI is InChI=1S/C18H18Cl2N2O3/c1-11(2)25-16-5-3-12(4-6-16)10-21-17(23)18(24)22-15-8-13(19)7-14(20)9-15/h3-9,11H,10H2,1-2H3,(H,21,23)(H,22,24). The van der Waals surface area contributed by atoms with Gasteiger partial charge in [0, 0.05) is 22.3 Å². The van der Waals surface area contributed by atoms with Crippen molar-refractivity contribution in [1.29, 1.82) is 0 Å². The van der Waals surface area contributed by atoms with Crippen LogP contribution in [0.4, 0.5) is 5.69 Å². The maximum Gasteiger partial charge on any atom is 0.313 e. The Hall–Kier alpha value is -2.24. The van der Waals surface area contributed by atoms with Crippen LogP contribution >= 0.6 is 23.2 Å². The number of hydrogen-bond donors (Lipinski definition) is 2. The summed E-state index contributed by atoms with van der Waals surface area (Å²) in [6.45, 7) is 4.12. The predicted octanol–water partition coefficient (Wildman–Crippen LogP) is 4.04. The Morgan fingerprint density at radius 3 is 2.16 bits per heavy atom. The van der Waals surface area contributed by atoms with Gasteiger partial charge < -0.3 is 15.4 Å². The fraction of sp³-hybridized carbons (Fsp3) is 0.222. The SMILES string of the molecule is CC(C)Oc1ccc(CNC(=O)C(=O)Nc2cc(Cl)cc(Cl)c2)cc1. The van der Waals surface area contributed by atoms with Gasteiger partial charge in [-0.05, 0) is 49.7 Å². The van der Waals surface area contributed by atoms with Crippen molar-refractivity contribution in [3.63, 3.8) is 0 Å². The Morgan fingerprint density at radius 2 is 1.60 bits per heavy atom. The third-order valence-corrected chi connectivity index (χ3v) is 3.51. The molecule has 2 aromatic rings. The first-order chi connectivity index (χ1) is 11.8. The second-order valence-electron chi connectivity index (χ2n) is 5.61. The van der Waals surface area contributed by atoms with E-state index in [0.29, 0.717) is 15.7 Å². The molecule has 0 aliphatic heterocycles. The lowest BCUT2D eigenvalue weighted by molar-refractivity contribution is -0.136. The second-order valence-corrected chi connectivity index (χ2v) is 6.48. The molecule has 2 N–H and O–H groups in total. The van der Waals surface area contributed by atoms with Crippen LogP contribution in [-0.4, -0.2) is 17.9 Å². The van der Waals surface area contributed by atoms with Gasteiger partial charge in [0.15, 0.2) is 0 Å². The fourth-order valence-electron chi connectivity index (χ4n) is 2.03. The van der Waals surface area contributed by atoms with Crippen molar-refractivity contribution in [2.24, 2.45) is 0 Å². The number of nitrogens with one attached hydrogen (secondary N) is 2. The molecule has 2 aromatic carbocycles. The zero-order chi connectivity index (χ0) is 18.4. The molecule has 0 aliphatic carbocycles. The Balaban J connectivity index is 1.87. The Kier molecular flexibility index (Phi) is 6.67. The summed E-state index contributed by atoms with van der Waals surface area (Å²) in [6.07, 6.45) is 0.0919. The summed E-state index contributed by atoms with van der Waals surface area (Å²) in [7, 11) is 0. The van der Waals surface area contributed by atoms with E-state index in [2.05, 4.69) is 10.6 Å². The van der Waals surface area contributed by atoms with Gasteiger partial charge in [0.05, 0.1) is 6.10 Å². The normalized spacial score (nSPS) is 10.4. The number of carbonyl (C=O) groups is 2. The Morgan fingerprint density at radius 1 is 1.00 bits per heavy atom. The van der Waals surface area contributed by atoms with Gasteiger partial charge in [0.25, 0.3) is 0 Å². The number of ether oxygens (including phenoxy) is 1. The van der Waals surface area contributed by atoms with Gasteiger partial charge in [0.1, 0.15) is 5.75 Å². The number of hydrogen-bond acceptors (Lipinski definition) is 3. The zero-order valence-electron chi connectivity index (χ0n) is 13.8. The van der Waals surface area contributed by atoms with E-state index in [1.165, 1.54) is 18.2 Å². The van der Waals surface area contributed by atoms with Crippen LogP contribution in [0.15, 0.2) is 42.5 Å². The van der Waals surface area contributed by atoms with Crippen LogP contribution in [0.5, 0.6) is 5.75 Å². The van der Waals surface area contributed by atoms with Crippen molar-refractivity contribution in [3.8, 4) is 5.75 Å². The summed E-state index contributed by atoms with van der Waals surface area (Å²) < 4.78 is 5.55. The molecule has 0 aliphatic rings. The Bertz CT molecular complexity index is 741. The molecule has 132 valence electrons. The lowest BCUT2D eigenvalue weighted by atomic mass is 10.2. The highest BCUT2D eigenvalue weighted by Crippen LogP contribution is 2.22. The molecule has 0 heterocycles. The highest BCUT2D eigenvalue weighted by atomic mass is 35.5. The summed E-state index contributed by atoms with van der Waals surface area (Å²) in [4.78, 5) is 23.8. The molecule has 0 aromatic heterocycles. The largest absolute Gasteiger partial charge is 0.491 e. The van der Waals surface area contributed by atoms with Gasteiger partial charge in [-0.3, -0.25) is 9.59 Å². The van der Waals surface area contributed by atoms with Crippen LogP contribution in [0.2, 0.25) is 10.0 Å². The minimum absolute atomic E-state index is 0.0919. The van der Waals surface area contributed by atoms with Crippen LogP contribution in [-0.2, 0) is 16.1 Å². The molecule has 2 rings (SSSR count). The van der Waals surface area contributed by atoms with Gasteiger partial charge in [-0.1, -0.05) is 35.3 Å². The second kappa shape index (κ2) is 8.74. The summed E-state index contributed by atoms with van der Waals surface area (Å²) in [5.74, 6) is -0.794. The van der Waals surface area contributed by atoms with E-state index in [4.69, 9.17) is 27.9 Å². The van der Waals surface area contributed by atoms with E-state index in [1.807, 2.05) is 38.1 Å². The summed E-state index contributed by atoms with van der Waals surface area (Å²) in [5.41, 5.74) is 1.20. The van der Waals surface area contributed by atoms with Crippen molar-refractivity contribution in [2.75, 3.05) is 5.32 Å². The van der Waals surface area contributed by atoms with Crippen LogP contribution in [0.1, 0.15) is 19.4 Å². The van der Waals surface area contributed by atoms with Crippen molar-refractivity contribution in [1.82, 2.24) is 5.32 Å². The number of anilines is 1. The molecule has 0 atom stereocenters. The first kappa shape index (κ1) is 19.1. The number of rotatable bonds is 5. The molecular formula is C18H18Cl2N2O3. The average molecular weight is 381 g/mol. The smallest absolute Gasteiger partial charge is 0.313 e. The van der Waals surface area contributed by atoms with Crippen LogP contribution < -0.4 is 15.4 Å². The van der Waals surface area contributed by atoms with Gasteiger partial charge in [-0.15, -0.1) is 0 Å². The van der Waals surface area contributed by atoms with Gasteiger partial charge >= 0.3 is 11.8 Å². The van der Waals surface area contributed by atoms with Gasteiger partial charge in [-0.2, -0.15) is 0 Å². The van der Waals surface area contributed by atoms with Crippen LogP contribution in [0.3, 0.4) is 0 Å². The number of carbonyl (C=O) groups excluding carboxylic acids is 2. The molecule has 0 fully saturated rings. The third kappa shape index (κ3) is 6.29. The van der Waals surface area contributed by atoms with E-state index in [-0.39, 0.29) is 12.6 Å². The third-order valence-electron chi connectivity index (χ3n) is 3.07. The number of benzene rings is 2. The summed E-state index contributed by atoms with van der Waals surface area (Å²) >= 11 is 11.7.